The van der Waals surface area contributed by atoms with E-state index in [1.807, 2.05) is 11.0 Å². The molecule has 10 heteroatoms. The van der Waals surface area contributed by atoms with Crippen LogP contribution in [0.1, 0.15) is 28.4 Å². The Bertz CT molecular complexity index is 1040. The van der Waals surface area contributed by atoms with Gasteiger partial charge in [-0.15, -0.1) is 0 Å². The maximum atomic E-state index is 13.2. The molecular formula is C22H20F3N3O4. The molecule has 0 saturated carbocycles. The summed E-state index contributed by atoms with van der Waals surface area (Å²) >= 11 is 0. The van der Waals surface area contributed by atoms with Crippen LogP contribution < -0.4 is 10.2 Å². The van der Waals surface area contributed by atoms with Crippen molar-refractivity contribution in [3.05, 3.63) is 59.2 Å². The molecule has 32 heavy (non-hydrogen) atoms. The highest BCUT2D eigenvalue weighted by Gasteiger charge is 2.32. The molecule has 168 valence electrons. The summed E-state index contributed by atoms with van der Waals surface area (Å²) in [5.41, 5.74) is -0.216. The molecule has 1 amide bonds. The zero-order chi connectivity index (χ0) is 23.3. The van der Waals surface area contributed by atoms with Crippen molar-refractivity contribution in [2.45, 2.75) is 19.2 Å². The first-order valence-electron chi connectivity index (χ1n) is 9.75. The van der Waals surface area contributed by atoms with Crippen LogP contribution in [0.4, 0.5) is 24.5 Å². The van der Waals surface area contributed by atoms with Gasteiger partial charge < -0.3 is 19.7 Å². The molecule has 1 heterocycles. The molecule has 0 aliphatic carbocycles. The van der Waals surface area contributed by atoms with Crippen molar-refractivity contribution >= 4 is 23.3 Å². The van der Waals surface area contributed by atoms with Gasteiger partial charge in [0, 0.05) is 13.1 Å². The van der Waals surface area contributed by atoms with E-state index in [1.165, 1.54) is 37.3 Å². The van der Waals surface area contributed by atoms with E-state index in [0.29, 0.717) is 32.0 Å². The lowest BCUT2D eigenvalue weighted by Gasteiger charge is -2.31. The van der Waals surface area contributed by atoms with Crippen molar-refractivity contribution in [1.82, 2.24) is 0 Å². The fourth-order valence-corrected chi connectivity index (χ4v) is 3.12. The molecule has 3 rings (SSSR count). The summed E-state index contributed by atoms with van der Waals surface area (Å²) in [6.45, 7) is 3.03. The van der Waals surface area contributed by atoms with Gasteiger partial charge in [0.25, 0.3) is 5.91 Å². The number of esters is 1. The summed E-state index contributed by atoms with van der Waals surface area (Å²) in [4.78, 5) is 26.7. The Balaban J connectivity index is 1.78. The van der Waals surface area contributed by atoms with Gasteiger partial charge in [0.05, 0.1) is 47.3 Å². The summed E-state index contributed by atoms with van der Waals surface area (Å²) in [5.74, 6) is -1.62. The second kappa shape index (κ2) is 9.70. The van der Waals surface area contributed by atoms with Gasteiger partial charge >= 0.3 is 12.1 Å². The predicted molar refractivity (Wildman–Crippen MR) is 109 cm³/mol. The highest BCUT2D eigenvalue weighted by molar-refractivity contribution is 5.99. The standard InChI is InChI=1S/C22H20F3N3O4/c1-14(32-21(30)16-4-2-3-15(11-16)13-26)20(29)27-18-12-17(22(23,24)25)5-6-19(18)28-7-9-31-10-8-28/h2-6,11-12,14H,7-10H2,1H3,(H,27,29). The smallest absolute Gasteiger partial charge is 0.416 e. The summed E-state index contributed by atoms with van der Waals surface area (Å²) in [7, 11) is 0. The number of carbonyl (C=O) groups excluding carboxylic acids is 2. The van der Waals surface area contributed by atoms with Crippen LogP contribution in [-0.2, 0) is 20.4 Å². The van der Waals surface area contributed by atoms with Crippen LogP contribution in [0.25, 0.3) is 0 Å². The SMILES string of the molecule is CC(OC(=O)c1cccc(C#N)c1)C(=O)Nc1cc(C(F)(F)F)ccc1N1CCOCC1. The van der Waals surface area contributed by atoms with E-state index in [9.17, 15) is 22.8 Å². The quantitative estimate of drug-likeness (QED) is 0.705. The van der Waals surface area contributed by atoms with Crippen LogP contribution in [0.15, 0.2) is 42.5 Å². The fourth-order valence-electron chi connectivity index (χ4n) is 3.12. The average molecular weight is 447 g/mol. The molecule has 0 bridgehead atoms. The molecule has 0 radical (unpaired) electrons. The third-order valence-electron chi connectivity index (χ3n) is 4.81. The van der Waals surface area contributed by atoms with Gasteiger partial charge in [-0.2, -0.15) is 18.4 Å². The first kappa shape index (κ1) is 23.1. The molecule has 2 aromatic carbocycles. The molecule has 1 fully saturated rings. The van der Waals surface area contributed by atoms with E-state index < -0.39 is 29.7 Å². The number of halogens is 3. The maximum Gasteiger partial charge on any atom is 0.416 e. The summed E-state index contributed by atoms with van der Waals surface area (Å²) < 4.78 is 50.1. The predicted octanol–water partition coefficient (Wildman–Crippen LogP) is 3.60. The zero-order valence-corrected chi connectivity index (χ0v) is 17.1. The van der Waals surface area contributed by atoms with Crippen molar-refractivity contribution < 1.29 is 32.2 Å². The second-order valence-corrected chi connectivity index (χ2v) is 7.06. The fraction of sp³-hybridized carbons (Fsp3) is 0.318. The monoisotopic (exact) mass is 447 g/mol. The molecule has 7 nitrogen and oxygen atoms in total. The van der Waals surface area contributed by atoms with E-state index in [-0.39, 0.29) is 16.8 Å². The van der Waals surface area contributed by atoms with Gasteiger partial charge in [-0.25, -0.2) is 4.79 Å². The van der Waals surface area contributed by atoms with Crippen molar-refractivity contribution in [2.75, 3.05) is 36.5 Å². The highest BCUT2D eigenvalue weighted by Crippen LogP contribution is 2.36. The molecule has 1 atom stereocenters. The minimum Gasteiger partial charge on any atom is -0.449 e. The number of alkyl halides is 3. The third kappa shape index (κ3) is 5.56. The van der Waals surface area contributed by atoms with Crippen molar-refractivity contribution in [2.24, 2.45) is 0 Å². The van der Waals surface area contributed by atoms with Crippen LogP contribution >= 0.6 is 0 Å². The number of rotatable bonds is 5. The van der Waals surface area contributed by atoms with Crippen LogP contribution in [0.2, 0.25) is 0 Å². The van der Waals surface area contributed by atoms with Gasteiger partial charge in [0.2, 0.25) is 0 Å². The molecular weight excluding hydrogens is 427 g/mol. The van der Waals surface area contributed by atoms with E-state index in [0.717, 1.165) is 12.1 Å². The molecule has 2 aromatic rings. The Morgan fingerprint density at radius 1 is 1.19 bits per heavy atom. The number of nitriles is 1. The first-order chi connectivity index (χ1) is 15.2. The number of nitrogens with zero attached hydrogens (tertiary/aromatic N) is 2. The van der Waals surface area contributed by atoms with E-state index in [2.05, 4.69) is 5.32 Å². The largest absolute Gasteiger partial charge is 0.449 e. The Kier molecular flexibility index (Phi) is 7.00. The minimum absolute atomic E-state index is 0.0406. The van der Waals surface area contributed by atoms with Crippen molar-refractivity contribution in [3.8, 4) is 6.07 Å². The average Bonchev–Trinajstić information content (AvgIpc) is 2.79. The second-order valence-electron chi connectivity index (χ2n) is 7.06. The maximum absolute atomic E-state index is 13.2. The summed E-state index contributed by atoms with van der Waals surface area (Å²) in [6, 6.07) is 10.7. The molecule has 1 unspecified atom stereocenters. The Labute approximate surface area is 182 Å². The number of benzene rings is 2. The van der Waals surface area contributed by atoms with E-state index >= 15 is 0 Å². The van der Waals surface area contributed by atoms with Crippen LogP contribution in [0, 0.1) is 11.3 Å². The lowest BCUT2D eigenvalue weighted by molar-refractivity contribution is -0.137. The van der Waals surface area contributed by atoms with Gasteiger partial charge in [-0.1, -0.05) is 6.07 Å². The number of morpholine rings is 1. The molecule has 0 aromatic heterocycles. The Morgan fingerprint density at radius 3 is 2.56 bits per heavy atom. The summed E-state index contributed by atoms with van der Waals surface area (Å²) in [5, 5.41) is 11.4. The van der Waals surface area contributed by atoms with Crippen molar-refractivity contribution in [3.63, 3.8) is 0 Å². The summed E-state index contributed by atoms with van der Waals surface area (Å²) in [6.07, 6.45) is -5.88. The van der Waals surface area contributed by atoms with Crippen molar-refractivity contribution in [1.29, 1.82) is 5.26 Å². The number of carbonyl (C=O) groups is 2. The highest BCUT2D eigenvalue weighted by atomic mass is 19.4. The number of ether oxygens (including phenoxy) is 2. The Morgan fingerprint density at radius 2 is 1.91 bits per heavy atom. The molecule has 1 aliphatic heterocycles. The van der Waals surface area contributed by atoms with Gasteiger partial charge in [-0.05, 0) is 43.3 Å². The molecule has 1 aliphatic rings. The lowest BCUT2D eigenvalue weighted by Crippen LogP contribution is -2.37. The topological polar surface area (TPSA) is 91.7 Å². The zero-order valence-electron chi connectivity index (χ0n) is 17.1. The first-order valence-corrected chi connectivity index (χ1v) is 9.75. The molecule has 1 N–H and O–H groups in total. The Hall–Kier alpha value is -3.58. The number of anilines is 2. The van der Waals surface area contributed by atoms with Crippen LogP contribution in [0.5, 0.6) is 0 Å². The van der Waals surface area contributed by atoms with Crippen LogP contribution in [-0.4, -0.2) is 44.3 Å². The number of hydrogen-bond acceptors (Lipinski definition) is 6. The van der Waals surface area contributed by atoms with Crippen LogP contribution in [0.3, 0.4) is 0 Å². The van der Waals surface area contributed by atoms with E-state index in [4.69, 9.17) is 14.7 Å². The number of amides is 1. The van der Waals surface area contributed by atoms with Gasteiger partial charge in [0.15, 0.2) is 6.10 Å². The number of hydrogen-bond donors (Lipinski definition) is 1. The normalized spacial score (nSPS) is 14.9. The number of nitrogens with one attached hydrogen (secondary N) is 1. The lowest BCUT2D eigenvalue weighted by atomic mass is 10.1. The van der Waals surface area contributed by atoms with Gasteiger partial charge in [0.1, 0.15) is 0 Å². The van der Waals surface area contributed by atoms with E-state index in [1.54, 1.807) is 0 Å². The molecule has 1 saturated heterocycles. The minimum atomic E-state index is -4.59. The molecule has 0 spiro atoms. The van der Waals surface area contributed by atoms with Gasteiger partial charge in [-0.3, -0.25) is 4.79 Å². The third-order valence-corrected chi connectivity index (χ3v) is 4.81.